The SMILES string of the molecule is O=C(O)c1nn(-c2ccccc2C(F)(F)F)nc1N1CCCC1. The molecular formula is C14H13F3N4O2. The van der Waals surface area contributed by atoms with Gasteiger partial charge in [0.1, 0.15) is 0 Å². The Hall–Kier alpha value is -2.58. The minimum absolute atomic E-state index is 0.104. The average Bonchev–Trinajstić information content (AvgIpc) is 3.15. The topological polar surface area (TPSA) is 71.2 Å². The molecule has 0 bridgehead atoms. The third kappa shape index (κ3) is 2.86. The normalized spacial score (nSPS) is 15.2. The molecule has 0 saturated carbocycles. The third-order valence-corrected chi connectivity index (χ3v) is 3.63. The van der Waals surface area contributed by atoms with Crippen LogP contribution < -0.4 is 4.90 Å². The van der Waals surface area contributed by atoms with Gasteiger partial charge in [0.25, 0.3) is 0 Å². The predicted molar refractivity (Wildman–Crippen MR) is 74.8 cm³/mol. The second kappa shape index (κ2) is 5.56. The Morgan fingerprint density at radius 1 is 1.13 bits per heavy atom. The molecule has 1 saturated heterocycles. The zero-order valence-electron chi connectivity index (χ0n) is 11.9. The number of carboxylic acids is 1. The van der Waals surface area contributed by atoms with Crippen LogP contribution in [0.3, 0.4) is 0 Å². The molecule has 23 heavy (non-hydrogen) atoms. The third-order valence-electron chi connectivity index (χ3n) is 3.63. The van der Waals surface area contributed by atoms with Crippen LogP contribution in [0.2, 0.25) is 0 Å². The largest absolute Gasteiger partial charge is 0.476 e. The van der Waals surface area contributed by atoms with Gasteiger partial charge in [-0.05, 0) is 25.0 Å². The Kier molecular flexibility index (Phi) is 3.70. The smallest absolute Gasteiger partial charge is 0.418 e. The van der Waals surface area contributed by atoms with E-state index in [4.69, 9.17) is 0 Å². The van der Waals surface area contributed by atoms with Crippen LogP contribution in [-0.4, -0.2) is 39.2 Å². The Labute approximate surface area is 129 Å². The maximum absolute atomic E-state index is 13.1. The first-order valence-corrected chi connectivity index (χ1v) is 7.00. The first kappa shape index (κ1) is 15.3. The first-order chi connectivity index (χ1) is 10.9. The Morgan fingerprint density at radius 3 is 2.39 bits per heavy atom. The molecule has 1 aromatic heterocycles. The zero-order chi connectivity index (χ0) is 16.6. The van der Waals surface area contributed by atoms with E-state index in [2.05, 4.69) is 10.2 Å². The van der Waals surface area contributed by atoms with Gasteiger partial charge in [-0.15, -0.1) is 15.0 Å². The molecule has 122 valence electrons. The fourth-order valence-electron chi connectivity index (χ4n) is 2.57. The number of carboxylic acid groups (broad SMARTS) is 1. The van der Waals surface area contributed by atoms with E-state index < -0.39 is 17.7 Å². The summed E-state index contributed by atoms with van der Waals surface area (Å²) in [5.41, 5.74) is -1.56. The van der Waals surface area contributed by atoms with Crippen LogP contribution in [0.1, 0.15) is 28.9 Å². The molecule has 2 aromatic rings. The van der Waals surface area contributed by atoms with Crippen molar-refractivity contribution in [2.75, 3.05) is 18.0 Å². The quantitative estimate of drug-likeness (QED) is 0.939. The number of benzene rings is 1. The molecule has 1 N–H and O–H groups in total. The van der Waals surface area contributed by atoms with E-state index in [1.165, 1.54) is 18.2 Å². The van der Waals surface area contributed by atoms with Gasteiger partial charge in [0.2, 0.25) is 5.69 Å². The zero-order valence-corrected chi connectivity index (χ0v) is 11.9. The molecule has 0 amide bonds. The summed E-state index contributed by atoms with van der Waals surface area (Å²) in [6, 6.07) is 4.80. The monoisotopic (exact) mass is 326 g/mol. The Balaban J connectivity index is 2.11. The number of rotatable bonds is 3. The molecule has 2 heterocycles. The van der Waals surface area contributed by atoms with E-state index in [1.54, 1.807) is 4.90 Å². The number of aromatic nitrogens is 3. The number of carbonyl (C=O) groups is 1. The standard InChI is InChI=1S/C14H13F3N4O2/c15-14(16,17)9-5-1-2-6-10(9)21-18-11(13(22)23)12(19-21)20-7-3-4-8-20/h1-2,5-6H,3-4,7-8H2,(H,22,23). The number of hydrogen-bond acceptors (Lipinski definition) is 4. The van der Waals surface area contributed by atoms with Gasteiger partial charge in [-0.3, -0.25) is 0 Å². The van der Waals surface area contributed by atoms with Crippen LogP contribution in [0.4, 0.5) is 19.0 Å². The van der Waals surface area contributed by atoms with Gasteiger partial charge in [0.15, 0.2) is 5.82 Å². The van der Waals surface area contributed by atoms with E-state index in [9.17, 15) is 23.1 Å². The van der Waals surface area contributed by atoms with Crippen molar-refractivity contribution in [2.24, 2.45) is 0 Å². The molecule has 9 heteroatoms. The molecule has 1 aliphatic rings. The van der Waals surface area contributed by atoms with Crippen LogP contribution in [0.15, 0.2) is 24.3 Å². The summed E-state index contributed by atoms with van der Waals surface area (Å²) >= 11 is 0. The summed E-state index contributed by atoms with van der Waals surface area (Å²) in [4.78, 5) is 13.8. The highest BCUT2D eigenvalue weighted by Gasteiger charge is 2.35. The van der Waals surface area contributed by atoms with Crippen molar-refractivity contribution < 1.29 is 23.1 Å². The van der Waals surface area contributed by atoms with Crippen LogP contribution >= 0.6 is 0 Å². The minimum Gasteiger partial charge on any atom is -0.476 e. The number of hydrogen-bond donors (Lipinski definition) is 1. The maximum atomic E-state index is 13.1. The summed E-state index contributed by atoms with van der Waals surface area (Å²) in [6.07, 6.45) is -2.82. The average molecular weight is 326 g/mol. The number of alkyl halides is 3. The molecule has 0 atom stereocenters. The van der Waals surface area contributed by atoms with E-state index in [1.807, 2.05) is 0 Å². The Morgan fingerprint density at radius 2 is 1.78 bits per heavy atom. The van der Waals surface area contributed by atoms with Gasteiger partial charge >= 0.3 is 12.1 Å². The number of halogens is 3. The van der Waals surface area contributed by atoms with Crippen molar-refractivity contribution in [3.05, 3.63) is 35.5 Å². The van der Waals surface area contributed by atoms with Crippen LogP contribution in [0.5, 0.6) is 0 Å². The van der Waals surface area contributed by atoms with Crippen molar-refractivity contribution in [3.63, 3.8) is 0 Å². The van der Waals surface area contributed by atoms with Crippen LogP contribution in [0, 0.1) is 0 Å². The number of aromatic carboxylic acids is 1. The molecule has 1 aromatic carbocycles. The van der Waals surface area contributed by atoms with Gasteiger partial charge < -0.3 is 10.0 Å². The second-order valence-corrected chi connectivity index (χ2v) is 5.18. The van der Waals surface area contributed by atoms with Crippen molar-refractivity contribution in [2.45, 2.75) is 19.0 Å². The molecule has 3 rings (SSSR count). The van der Waals surface area contributed by atoms with Crippen molar-refractivity contribution >= 4 is 11.8 Å². The number of para-hydroxylation sites is 1. The fraction of sp³-hybridized carbons (Fsp3) is 0.357. The summed E-state index contributed by atoms with van der Waals surface area (Å²) in [6.45, 7) is 1.22. The van der Waals surface area contributed by atoms with Gasteiger partial charge in [-0.2, -0.15) is 13.2 Å². The lowest BCUT2D eigenvalue weighted by Gasteiger charge is -2.14. The molecule has 0 spiro atoms. The Bertz CT molecular complexity index is 736. The summed E-state index contributed by atoms with van der Waals surface area (Å²) < 4.78 is 39.3. The number of nitrogens with zero attached hydrogens (tertiary/aromatic N) is 4. The molecule has 1 fully saturated rings. The second-order valence-electron chi connectivity index (χ2n) is 5.18. The van der Waals surface area contributed by atoms with Crippen molar-refractivity contribution in [1.82, 2.24) is 15.0 Å². The minimum atomic E-state index is -4.58. The highest BCUT2D eigenvalue weighted by atomic mass is 19.4. The molecule has 6 nitrogen and oxygen atoms in total. The van der Waals surface area contributed by atoms with E-state index in [0.717, 1.165) is 23.7 Å². The van der Waals surface area contributed by atoms with Gasteiger partial charge in [0, 0.05) is 13.1 Å². The van der Waals surface area contributed by atoms with E-state index in [-0.39, 0.29) is 17.2 Å². The molecular weight excluding hydrogens is 313 g/mol. The van der Waals surface area contributed by atoms with E-state index >= 15 is 0 Å². The summed E-state index contributed by atoms with van der Waals surface area (Å²) in [7, 11) is 0. The predicted octanol–water partition coefficient (Wildman–Crippen LogP) is 2.58. The summed E-state index contributed by atoms with van der Waals surface area (Å²) in [5.74, 6) is -1.21. The molecule has 1 aliphatic heterocycles. The lowest BCUT2D eigenvalue weighted by Crippen LogP contribution is -2.20. The summed E-state index contributed by atoms with van der Waals surface area (Å²) in [5, 5.41) is 17.0. The lowest BCUT2D eigenvalue weighted by molar-refractivity contribution is -0.137. The van der Waals surface area contributed by atoms with E-state index in [0.29, 0.717) is 13.1 Å². The van der Waals surface area contributed by atoms with Crippen molar-refractivity contribution in [1.29, 1.82) is 0 Å². The van der Waals surface area contributed by atoms with Crippen molar-refractivity contribution in [3.8, 4) is 5.69 Å². The molecule has 0 unspecified atom stereocenters. The van der Waals surface area contributed by atoms with Gasteiger partial charge in [-0.1, -0.05) is 12.1 Å². The fourth-order valence-corrected chi connectivity index (χ4v) is 2.57. The highest BCUT2D eigenvalue weighted by Crippen LogP contribution is 2.34. The first-order valence-electron chi connectivity index (χ1n) is 7.00. The van der Waals surface area contributed by atoms with Crippen LogP contribution in [0.25, 0.3) is 5.69 Å². The van der Waals surface area contributed by atoms with Crippen LogP contribution in [-0.2, 0) is 6.18 Å². The highest BCUT2D eigenvalue weighted by molar-refractivity contribution is 5.91. The van der Waals surface area contributed by atoms with Gasteiger partial charge in [0.05, 0.1) is 11.3 Å². The van der Waals surface area contributed by atoms with Gasteiger partial charge in [-0.25, -0.2) is 4.79 Å². The molecule has 0 radical (unpaired) electrons. The maximum Gasteiger partial charge on any atom is 0.418 e. The lowest BCUT2D eigenvalue weighted by atomic mass is 10.2. The number of anilines is 1. The molecule has 0 aliphatic carbocycles.